The number of likely N-dealkylation sites (tertiary alicyclic amines) is 2. The van der Waals surface area contributed by atoms with Crippen molar-refractivity contribution in [2.24, 2.45) is 5.92 Å². The molecular weight excluding hydrogens is 408 g/mol. The molecule has 0 N–H and O–H groups in total. The smallest absolute Gasteiger partial charge is 0.262 e. The van der Waals surface area contributed by atoms with Crippen molar-refractivity contribution in [1.29, 1.82) is 0 Å². The van der Waals surface area contributed by atoms with E-state index in [1.54, 1.807) is 11.3 Å². The number of carbonyl (C=O) groups excluding carboxylic acids is 1. The zero-order chi connectivity index (χ0) is 22.3. The van der Waals surface area contributed by atoms with Gasteiger partial charge in [-0.2, -0.15) is 0 Å². The van der Waals surface area contributed by atoms with Crippen molar-refractivity contribution in [2.75, 3.05) is 32.7 Å². The van der Waals surface area contributed by atoms with Crippen LogP contribution in [0.1, 0.15) is 74.7 Å². The summed E-state index contributed by atoms with van der Waals surface area (Å²) < 4.78 is 1.96. The summed E-state index contributed by atoms with van der Waals surface area (Å²) in [5.41, 5.74) is 1.16. The Hall–Kier alpha value is -1.73. The first-order valence-electron chi connectivity index (χ1n) is 11.8. The van der Waals surface area contributed by atoms with E-state index in [4.69, 9.17) is 4.98 Å². The summed E-state index contributed by atoms with van der Waals surface area (Å²) in [5.74, 6) is 2.01. The van der Waals surface area contributed by atoms with E-state index in [0.717, 1.165) is 79.4 Å². The molecule has 2 aromatic rings. The van der Waals surface area contributed by atoms with Gasteiger partial charge in [-0.05, 0) is 57.6 Å². The van der Waals surface area contributed by atoms with Gasteiger partial charge in [-0.1, -0.05) is 20.8 Å². The van der Waals surface area contributed by atoms with Crippen LogP contribution in [0, 0.1) is 19.8 Å². The molecule has 4 rings (SSSR count). The first-order valence-corrected chi connectivity index (χ1v) is 12.6. The minimum atomic E-state index is 0.0735. The Morgan fingerprint density at radius 2 is 1.87 bits per heavy atom. The number of nitrogens with zero attached hydrogens (tertiary/aromatic N) is 4. The van der Waals surface area contributed by atoms with Gasteiger partial charge in [-0.25, -0.2) is 4.98 Å². The van der Waals surface area contributed by atoms with Crippen molar-refractivity contribution >= 4 is 27.5 Å². The highest BCUT2D eigenvalue weighted by molar-refractivity contribution is 7.18. The topological polar surface area (TPSA) is 58.4 Å². The molecular formula is C24H36N4O2S. The van der Waals surface area contributed by atoms with Crippen molar-refractivity contribution in [2.45, 2.75) is 72.3 Å². The zero-order valence-corrected chi connectivity index (χ0v) is 20.4. The van der Waals surface area contributed by atoms with Crippen LogP contribution in [0.5, 0.6) is 0 Å². The molecule has 0 bridgehead atoms. The van der Waals surface area contributed by atoms with Gasteiger partial charge in [0.15, 0.2) is 0 Å². The molecule has 0 radical (unpaired) electrons. The van der Waals surface area contributed by atoms with Gasteiger partial charge in [0, 0.05) is 30.4 Å². The van der Waals surface area contributed by atoms with Gasteiger partial charge in [0.2, 0.25) is 5.91 Å². The first-order chi connectivity index (χ1) is 14.8. The van der Waals surface area contributed by atoms with Gasteiger partial charge in [0.05, 0.1) is 18.0 Å². The Morgan fingerprint density at radius 1 is 1.16 bits per heavy atom. The Kier molecular flexibility index (Phi) is 6.54. The molecule has 0 aliphatic carbocycles. The fraction of sp³-hybridized carbons (Fsp3) is 0.708. The average molecular weight is 445 g/mol. The number of amides is 1. The molecule has 0 saturated carbocycles. The average Bonchev–Trinajstić information content (AvgIpc) is 3.02. The largest absolute Gasteiger partial charge is 0.342 e. The molecule has 2 aliphatic rings. The second-order valence-electron chi connectivity index (χ2n) is 9.86. The fourth-order valence-corrected chi connectivity index (χ4v) is 6.04. The SMILES string of the molecule is Cc1sc2nc(C(C)C)n(C3CCCN(CC(=O)N4CCC(C)CC4)C3)c(=O)c2c1C. The lowest BCUT2D eigenvalue weighted by molar-refractivity contribution is -0.134. The van der Waals surface area contributed by atoms with Crippen LogP contribution in [0.15, 0.2) is 4.79 Å². The maximum atomic E-state index is 13.6. The predicted octanol–water partition coefficient (Wildman–Crippen LogP) is 4.09. The lowest BCUT2D eigenvalue weighted by Gasteiger charge is -2.37. The van der Waals surface area contributed by atoms with Crippen molar-refractivity contribution in [1.82, 2.24) is 19.4 Å². The number of aromatic nitrogens is 2. The van der Waals surface area contributed by atoms with Crippen LogP contribution in [-0.4, -0.2) is 58.0 Å². The third kappa shape index (κ3) is 4.44. The molecule has 1 amide bonds. The lowest BCUT2D eigenvalue weighted by atomic mass is 9.99. The summed E-state index contributed by atoms with van der Waals surface area (Å²) in [4.78, 5) is 37.8. The molecule has 0 aromatic carbocycles. The third-order valence-electron chi connectivity index (χ3n) is 7.12. The molecule has 6 nitrogen and oxygen atoms in total. The maximum absolute atomic E-state index is 13.6. The summed E-state index contributed by atoms with van der Waals surface area (Å²) in [6, 6.07) is 0.0735. The molecule has 1 atom stereocenters. The van der Waals surface area contributed by atoms with Gasteiger partial charge >= 0.3 is 0 Å². The van der Waals surface area contributed by atoms with Gasteiger partial charge < -0.3 is 4.90 Å². The molecule has 2 aromatic heterocycles. The highest BCUT2D eigenvalue weighted by Gasteiger charge is 2.29. The molecule has 170 valence electrons. The van der Waals surface area contributed by atoms with Gasteiger partial charge in [0.25, 0.3) is 5.56 Å². The molecule has 31 heavy (non-hydrogen) atoms. The molecule has 4 heterocycles. The van der Waals surface area contributed by atoms with Crippen molar-refractivity contribution in [3.63, 3.8) is 0 Å². The lowest BCUT2D eigenvalue weighted by Crippen LogP contribution is -2.47. The Balaban J connectivity index is 1.58. The van der Waals surface area contributed by atoms with Crippen LogP contribution in [0.4, 0.5) is 0 Å². The van der Waals surface area contributed by atoms with E-state index in [1.165, 1.54) is 4.88 Å². The molecule has 7 heteroatoms. The number of rotatable bonds is 4. The number of piperidine rings is 2. The van der Waals surface area contributed by atoms with Crippen LogP contribution in [0.2, 0.25) is 0 Å². The summed E-state index contributed by atoms with van der Waals surface area (Å²) >= 11 is 1.62. The van der Waals surface area contributed by atoms with Crippen LogP contribution >= 0.6 is 11.3 Å². The summed E-state index contributed by atoms with van der Waals surface area (Å²) in [7, 11) is 0. The Bertz CT molecular complexity index is 1020. The van der Waals surface area contributed by atoms with E-state index < -0.39 is 0 Å². The summed E-state index contributed by atoms with van der Waals surface area (Å²) in [5, 5.41) is 0.780. The third-order valence-corrected chi connectivity index (χ3v) is 8.22. The van der Waals surface area contributed by atoms with Crippen LogP contribution in [0.3, 0.4) is 0 Å². The van der Waals surface area contributed by atoms with Gasteiger partial charge in [-0.3, -0.25) is 19.1 Å². The number of hydrogen-bond donors (Lipinski definition) is 0. The number of hydrogen-bond acceptors (Lipinski definition) is 5. The Morgan fingerprint density at radius 3 is 2.55 bits per heavy atom. The second-order valence-corrected chi connectivity index (χ2v) is 11.1. The van der Waals surface area contributed by atoms with Gasteiger partial charge in [-0.15, -0.1) is 11.3 Å². The van der Waals surface area contributed by atoms with E-state index in [-0.39, 0.29) is 23.4 Å². The van der Waals surface area contributed by atoms with Crippen LogP contribution in [0.25, 0.3) is 10.2 Å². The molecule has 2 saturated heterocycles. The van der Waals surface area contributed by atoms with Crippen molar-refractivity contribution < 1.29 is 4.79 Å². The summed E-state index contributed by atoms with van der Waals surface area (Å²) in [6.07, 6.45) is 4.17. The minimum absolute atomic E-state index is 0.0735. The zero-order valence-electron chi connectivity index (χ0n) is 19.6. The number of carbonyl (C=O) groups is 1. The molecule has 2 fully saturated rings. The first kappa shape index (κ1) is 22.5. The normalized spacial score (nSPS) is 21.4. The molecule has 1 unspecified atom stereocenters. The van der Waals surface area contributed by atoms with Gasteiger partial charge in [0.1, 0.15) is 10.7 Å². The summed E-state index contributed by atoms with van der Waals surface area (Å²) in [6.45, 7) is 14.5. The van der Waals surface area contributed by atoms with Crippen LogP contribution < -0.4 is 5.56 Å². The van der Waals surface area contributed by atoms with E-state index >= 15 is 0 Å². The van der Waals surface area contributed by atoms with E-state index in [9.17, 15) is 9.59 Å². The maximum Gasteiger partial charge on any atom is 0.262 e. The van der Waals surface area contributed by atoms with Crippen molar-refractivity contribution in [3.05, 3.63) is 26.6 Å². The van der Waals surface area contributed by atoms with E-state index in [1.807, 2.05) is 16.4 Å². The highest BCUT2D eigenvalue weighted by atomic mass is 32.1. The monoisotopic (exact) mass is 444 g/mol. The minimum Gasteiger partial charge on any atom is -0.342 e. The number of aryl methyl sites for hydroxylation is 2. The molecule has 2 aliphatic heterocycles. The Labute approximate surface area is 189 Å². The van der Waals surface area contributed by atoms with Crippen molar-refractivity contribution in [3.8, 4) is 0 Å². The standard InChI is InChI=1S/C24H36N4O2S/c1-15(2)22-25-23-21(17(4)18(5)31-23)24(30)28(22)19-7-6-10-26(13-19)14-20(29)27-11-8-16(3)9-12-27/h15-16,19H,6-14H2,1-5H3. The fourth-order valence-electron chi connectivity index (χ4n) is 5.02. The second kappa shape index (κ2) is 9.02. The predicted molar refractivity (Wildman–Crippen MR) is 127 cm³/mol. The van der Waals surface area contributed by atoms with E-state index in [0.29, 0.717) is 6.54 Å². The van der Waals surface area contributed by atoms with Crippen LogP contribution in [-0.2, 0) is 4.79 Å². The number of fused-ring (bicyclic) bond motifs is 1. The highest BCUT2D eigenvalue weighted by Crippen LogP contribution is 2.30. The molecule has 0 spiro atoms. The number of thiophene rings is 1. The van der Waals surface area contributed by atoms with E-state index in [2.05, 4.69) is 32.6 Å². The quantitative estimate of drug-likeness (QED) is 0.713.